The van der Waals surface area contributed by atoms with Gasteiger partial charge in [0.15, 0.2) is 0 Å². The van der Waals surface area contributed by atoms with Crippen LogP contribution < -0.4 is 4.90 Å². The molecule has 0 radical (unpaired) electrons. The van der Waals surface area contributed by atoms with E-state index in [2.05, 4.69) is 5.10 Å². The highest BCUT2D eigenvalue weighted by molar-refractivity contribution is 6.37. The zero-order valence-electron chi connectivity index (χ0n) is 13.9. The molecule has 124 valence electrons. The lowest BCUT2D eigenvalue weighted by molar-refractivity contribution is -0.112. The van der Waals surface area contributed by atoms with E-state index in [1.165, 1.54) is 0 Å². The molecule has 1 aromatic heterocycles. The number of carbonyl (C=O) groups is 1. The number of aryl methyl sites for hydroxylation is 1. The van der Waals surface area contributed by atoms with Gasteiger partial charge in [-0.25, -0.2) is 4.68 Å². The summed E-state index contributed by atoms with van der Waals surface area (Å²) in [5, 5.41) is 5.03. The van der Waals surface area contributed by atoms with Crippen molar-refractivity contribution in [1.29, 1.82) is 0 Å². The second-order valence-corrected chi connectivity index (χ2v) is 6.33. The topological polar surface area (TPSA) is 38.1 Å². The summed E-state index contributed by atoms with van der Waals surface area (Å²) in [6.45, 7) is 1.90. The summed E-state index contributed by atoms with van der Waals surface area (Å²) in [6, 6.07) is 17.5. The molecule has 0 N–H and O–H groups in total. The van der Waals surface area contributed by atoms with Gasteiger partial charge in [-0.15, -0.1) is 0 Å². The Bertz CT molecular complexity index is 1010. The first-order valence-corrected chi connectivity index (χ1v) is 8.35. The Labute approximate surface area is 151 Å². The Morgan fingerprint density at radius 2 is 1.72 bits per heavy atom. The van der Waals surface area contributed by atoms with Gasteiger partial charge < -0.3 is 4.90 Å². The smallest absolute Gasteiger partial charge is 0.258 e. The van der Waals surface area contributed by atoms with E-state index >= 15 is 0 Å². The lowest BCUT2D eigenvalue weighted by atomic mass is 10.0. The monoisotopic (exact) mass is 349 g/mol. The van der Waals surface area contributed by atoms with Crippen molar-refractivity contribution >= 4 is 34.8 Å². The fourth-order valence-corrected chi connectivity index (χ4v) is 3.43. The maximum absolute atomic E-state index is 12.7. The third kappa shape index (κ3) is 2.46. The number of likely N-dealkylation sites (N-methyl/N-ethyl adjacent to an activating group) is 1. The van der Waals surface area contributed by atoms with Crippen LogP contribution in [0, 0.1) is 6.92 Å². The fourth-order valence-electron chi connectivity index (χ4n) is 3.10. The molecule has 2 heterocycles. The zero-order chi connectivity index (χ0) is 17.6. The molecule has 0 bridgehead atoms. The van der Waals surface area contributed by atoms with Gasteiger partial charge in [-0.1, -0.05) is 48.0 Å². The number of anilines is 1. The number of hydrogen-bond acceptors (Lipinski definition) is 2. The van der Waals surface area contributed by atoms with Crippen LogP contribution >= 0.6 is 11.6 Å². The predicted molar refractivity (Wildman–Crippen MR) is 101 cm³/mol. The standard InChI is InChI=1S/C20H16ClN3O/c1-13-16(19(21)24(22-13)14-8-4-3-5-9-14)12-17-15-10-6-7-11-18(15)23(2)20(17)25/h3-12H,1-2H3/b17-12+. The number of nitrogens with zero attached hydrogens (tertiary/aromatic N) is 3. The maximum atomic E-state index is 12.7. The summed E-state index contributed by atoms with van der Waals surface area (Å²) in [7, 11) is 1.78. The van der Waals surface area contributed by atoms with Crippen LogP contribution in [0.1, 0.15) is 16.8 Å². The van der Waals surface area contributed by atoms with Crippen molar-refractivity contribution < 1.29 is 4.79 Å². The average Bonchev–Trinajstić information content (AvgIpc) is 3.06. The van der Waals surface area contributed by atoms with E-state index in [4.69, 9.17) is 11.6 Å². The van der Waals surface area contributed by atoms with Gasteiger partial charge in [0.2, 0.25) is 0 Å². The number of para-hydroxylation sites is 2. The predicted octanol–water partition coefficient (Wildman–Crippen LogP) is 4.35. The first-order chi connectivity index (χ1) is 12.1. The molecule has 1 aliphatic heterocycles. The van der Waals surface area contributed by atoms with E-state index in [9.17, 15) is 4.79 Å². The molecule has 4 nitrogen and oxygen atoms in total. The van der Waals surface area contributed by atoms with E-state index in [0.29, 0.717) is 10.7 Å². The Balaban J connectivity index is 1.86. The number of hydrogen-bond donors (Lipinski definition) is 0. The Morgan fingerprint density at radius 3 is 2.48 bits per heavy atom. The molecule has 0 saturated heterocycles. The number of benzene rings is 2. The molecule has 0 spiro atoms. The Morgan fingerprint density at radius 1 is 1.04 bits per heavy atom. The molecule has 1 amide bonds. The Kier molecular flexibility index (Phi) is 3.70. The summed E-state index contributed by atoms with van der Waals surface area (Å²) in [4.78, 5) is 14.3. The summed E-state index contributed by atoms with van der Waals surface area (Å²) in [5.41, 5.74) is 4.88. The largest absolute Gasteiger partial charge is 0.311 e. The quantitative estimate of drug-likeness (QED) is 0.645. The van der Waals surface area contributed by atoms with Crippen molar-refractivity contribution in [2.75, 3.05) is 11.9 Å². The molecular weight excluding hydrogens is 334 g/mol. The van der Waals surface area contributed by atoms with Crippen LogP contribution in [0.5, 0.6) is 0 Å². The minimum absolute atomic E-state index is 0.0378. The third-order valence-corrected chi connectivity index (χ3v) is 4.79. The summed E-state index contributed by atoms with van der Waals surface area (Å²) < 4.78 is 1.69. The lowest BCUT2D eigenvalue weighted by Crippen LogP contribution is -2.20. The molecular formula is C20H16ClN3O. The third-order valence-electron chi connectivity index (χ3n) is 4.43. The summed E-state index contributed by atoms with van der Waals surface area (Å²) in [6.07, 6.45) is 1.84. The van der Waals surface area contributed by atoms with Gasteiger partial charge in [-0.2, -0.15) is 5.10 Å². The minimum Gasteiger partial charge on any atom is -0.311 e. The van der Waals surface area contributed by atoms with Crippen LogP contribution in [-0.2, 0) is 4.79 Å². The SMILES string of the molecule is Cc1nn(-c2ccccc2)c(Cl)c1/C=C1/C(=O)N(C)c2ccccc21. The van der Waals surface area contributed by atoms with Crippen molar-refractivity contribution in [2.24, 2.45) is 0 Å². The number of amides is 1. The average molecular weight is 350 g/mol. The molecule has 0 fully saturated rings. The van der Waals surface area contributed by atoms with Gasteiger partial charge in [0.1, 0.15) is 5.15 Å². The van der Waals surface area contributed by atoms with Crippen molar-refractivity contribution in [3.8, 4) is 5.69 Å². The molecule has 0 unspecified atom stereocenters. The van der Waals surface area contributed by atoms with E-state index in [1.54, 1.807) is 16.6 Å². The highest BCUT2D eigenvalue weighted by atomic mass is 35.5. The number of halogens is 1. The van der Waals surface area contributed by atoms with Gasteiger partial charge in [0, 0.05) is 23.7 Å². The van der Waals surface area contributed by atoms with E-state index in [1.807, 2.05) is 67.6 Å². The zero-order valence-corrected chi connectivity index (χ0v) is 14.7. The van der Waals surface area contributed by atoms with Gasteiger partial charge in [0.25, 0.3) is 5.91 Å². The van der Waals surface area contributed by atoms with E-state index in [-0.39, 0.29) is 5.91 Å². The molecule has 2 aromatic carbocycles. The van der Waals surface area contributed by atoms with E-state index in [0.717, 1.165) is 28.2 Å². The number of fused-ring (bicyclic) bond motifs is 1. The molecule has 0 aliphatic carbocycles. The van der Waals surface area contributed by atoms with Crippen molar-refractivity contribution in [1.82, 2.24) is 9.78 Å². The van der Waals surface area contributed by atoms with Gasteiger partial charge in [0.05, 0.1) is 17.1 Å². The molecule has 5 heteroatoms. The number of carbonyl (C=O) groups excluding carboxylic acids is 1. The number of rotatable bonds is 2. The van der Waals surface area contributed by atoms with Crippen LogP contribution in [0.15, 0.2) is 54.6 Å². The summed E-state index contributed by atoms with van der Waals surface area (Å²) >= 11 is 6.58. The number of aromatic nitrogens is 2. The molecule has 0 atom stereocenters. The van der Waals surface area contributed by atoms with Crippen molar-refractivity contribution in [3.05, 3.63) is 76.6 Å². The Hall–Kier alpha value is -2.85. The van der Waals surface area contributed by atoms with Gasteiger partial charge >= 0.3 is 0 Å². The van der Waals surface area contributed by atoms with Crippen LogP contribution in [0.3, 0.4) is 0 Å². The molecule has 3 aromatic rings. The maximum Gasteiger partial charge on any atom is 0.258 e. The second kappa shape index (κ2) is 5.90. The van der Waals surface area contributed by atoms with Gasteiger partial charge in [-0.3, -0.25) is 4.79 Å². The van der Waals surface area contributed by atoms with Crippen LogP contribution in [0.4, 0.5) is 5.69 Å². The van der Waals surface area contributed by atoms with Crippen LogP contribution in [0.2, 0.25) is 5.15 Å². The fraction of sp³-hybridized carbons (Fsp3) is 0.100. The van der Waals surface area contributed by atoms with Crippen LogP contribution in [0.25, 0.3) is 17.3 Å². The highest BCUT2D eigenvalue weighted by Gasteiger charge is 2.30. The first kappa shape index (κ1) is 15.7. The van der Waals surface area contributed by atoms with Crippen molar-refractivity contribution in [3.63, 3.8) is 0 Å². The van der Waals surface area contributed by atoms with Gasteiger partial charge in [-0.05, 0) is 31.2 Å². The summed E-state index contributed by atoms with van der Waals surface area (Å²) in [5.74, 6) is -0.0378. The van der Waals surface area contributed by atoms with Crippen LogP contribution in [-0.4, -0.2) is 22.7 Å². The second-order valence-electron chi connectivity index (χ2n) is 5.98. The molecule has 0 saturated carbocycles. The highest BCUT2D eigenvalue weighted by Crippen LogP contribution is 2.38. The normalized spacial score (nSPS) is 15.1. The first-order valence-electron chi connectivity index (χ1n) is 7.97. The molecule has 1 aliphatic rings. The van der Waals surface area contributed by atoms with Crippen molar-refractivity contribution in [2.45, 2.75) is 6.92 Å². The molecule has 4 rings (SSSR count). The van der Waals surface area contributed by atoms with E-state index < -0.39 is 0 Å². The molecule has 25 heavy (non-hydrogen) atoms. The lowest BCUT2D eigenvalue weighted by Gasteiger charge is -2.07. The minimum atomic E-state index is -0.0378.